The van der Waals surface area contributed by atoms with Crippen molar-refractivity contribution in [1.29, 1.82) is 0 Å². The van der Waals surface area contributed by atoms with Crippen LogP contribution >= 0.6 is 0 Å². The van der Waals surface area contributed by atoms with Crippen molar-refractivity contribution in [2.45, 2.75) is 12.5 Å². The third-order valence-corrected chi connectivity index (χ3v) is 2.92. The van der Waals surface area contributed by atoms with Crippen molar-refractivity contribution in [1.82, 2.24) is 10.3 Å². The van der Waals surface area contributed by atoms with E-state index < -0.39 is 23.5 Å². The van der Waals surface area contributed by atoms with Crippen LogP contribution < -0.4 is 10.9 Å². The molecule has 1 heterocycles. The Bertz CT molecular complexity index is 694. The summed E-state index contributed by atoms with van der Waals surface area (Å²) in [6.07, 6.45) is 1.51. The molecule has 0 aliphatic heterocycles. The van der Waals surface area contributed by atoms with E-state index >= 15 is 0 Å². The molecule has 0 radical (unpaired) electrons. The number of aliphatic carboxylic acids is 1. The van der Waals surface area contributed by atoms with Crippen molar-refractivity contribution in [3.05, 3.63) is 70.1 Å². The topological polar surface area (TPSA) is 99.3 Å². The van der Waals surface area contributed by atoms with Gasteiger partial charge in [0.15, 0.2) is 0 Å². The minimum atomic E-state index is -1.13. The number of aromatic amines is 1. The number of benzene rings is 1. The lowest BCUT2D eigenvalue weighted by molar-refractivity contribution is -0.139. The Kier molecular flexibility index (Phi) is 4.50. The van der Waals surface area contributed by atoms with Gasteiger partial charge in [0.05, 0.1) is 0 Å². The van der Waals surface area contributed by atoms with Gasteiger partial charge in [0, 0.05) is 24.2 Å². The quantitative estimate of drug-likeness (QED) is 0.757. The van der Waals surface area contributed by atoms with Gasteiger partial charge in [-0.2, -0.15) is 0 Å². The zero-order chi connectivity index (χ0) is 15.2. The second-order valence-electron chi connectivity index (χ2n) is 4.50. The fourth-order valence-electron chi connectivity index (χ4n) is 1.88. The number of pyridine rings is 1. The predicted molar refractivity (Wildman–Crippen MR) is 76.1 cm³/mol. The number of amides is 1. The van der Waals surface area contributed by atoms with Gasteiger partial charge in [0.1, 0.15) is 6.04 Å². The zero-order valence-electron chi connectivity index (χ0n) is 11.1. The van der Waals surface area contributed by atoms with E-state index in [1.54, 1.807) is 24.3 Å². The molecule has 0 bridgehead atoms. The molecule has 0 aliphatic rings. The number of H-pyrrole nitrogens is 1. The van der Waals surface area contributed by atoms with Crippen LogP contribution in [0.15, 0.2) is 53.5 Å². The number of carboxylic acids is 1. The van der Waals surface area contributed by atoms with E-state index in [1.165, 1.54) is 12.3 Å². The largest absolute Gasteiger partial charge is 0.480 e. The van der Waals surface area contributed by atoms with Gasteiger partial charge in [-0.15, -0.1) is 0 Å². The fourth-order valence-corrected chi connectivity index (χ4v) is 1.88. The number of hydrogen-bond acceptors (Lipinski definition) is 3. The van der Waals surface area contributed by atoms with Crippen LogP contribution in [0.25, 0.3) is 0 Å². The molecular formula is C15H14N2O4. The molecule has 2 rings (SSSR count). The number of nitrogens with one attached hydrogen (secondary N) is 2. The smallest absolute Gasteiger partial charge is 0.326 e. The molecule has 0 fully saturated rings. The number of carboxylic acid groups (broad SMARTS) is 1. The molecule has 0 saturated carbocycles. The second-order valence-corrected chi connectivity index (χ2v) is 4.50. The van der Waals surface area contributed by atoms with E-state index in [0.717, 1.165) is 11.6 Å². The molecule has 6 heteroatoms. The van der Waals surface area contributed by atoms with Gasteiger partial charge in [-0.1, -0.05) is 30.3 Å². The average molecular weight is 286 g/mol. The molecule has 1 aromatic heterocycles. The van der Waals surface area contributed by atoms with Gasteiger partial charge in [-0.25, -0.2) is 4.79 Å². The van der Waals surface area contributed by atoms with Crippen LogP contribution in [0.1, 0.15) is 15.9 Å². The summed E-state index contributed by atoms with van der Waals surface area (Å²) in [4.78, 5) is 36.8. The maximum Gasteiger partial charge on any atom is 0.326 e. The molecule has 108 valence electrons. The third kappa shape index (κ3) is 4.04. The van der Waals surface area contributed by atoms with E-state index in [9.17, 15) is 19.5 Å². The summed E-state index contributed by atoms with van der Waals surface area (Å²) in [5.41, 5.74) is 0.506. The molecule has 1 aromatic carbocycles. The molecule has 1 atom stereocenters. The Morgan fingerprint density at radius 1 is 1.19 bits per heavy atom. The van der Waals surface area contributed by atoms with Gasteiger partial charge in [-0.05, 0) is 11.6 Å². The van der Waals surface area contributed by atoms with Crippen molar-refractivity contribution in [2.75, 3.05) is 0 Å². The van der Waals surface area contributed by atoms with Gasteiger partial charge in [-0.3, -0.25) is 9.59 Å². The number of carbonyl (C=O) groups is 2. The number of carbonyl (C=O) groups excluding carboxylic acids is 1. The van der Waals surface area contributed by atoms with E-state index in [2.05, 4.69) is 10.3 Å². The lowest BCUT2D eigenvalue weighted by Crippen LogP contribution is -2.42. The van der Waals surface area contributed by atoms with Crippen LogP contribution in [0, 0.1) is 0 Å². The molecule has 0 spiro atoms. The number of hydrogen-bond donors (Lipinski definition) is 3. The van der Waals surface area contributed by atoms with Crippen molar-refractivity contribution in [3.8, 4) is 0 Å². The van der Waals surface area contributed by atoms with Crippen LogP contribution in [-0.4, -0.2) is 28.0 Å². The predicted octanol–water partition coefficient (Wildman–Crippen LogP) is 0.801. The minimum absolute atomic E-state index is 0.123. The van der Waals surface area contributed by atoms with Crippen molar-refractivity contribution in [3.63, 3.8) is 0 Å². The first kappa shape index (κ1) is 14.5. The molecule has 0 aliphatic carbocycles. The van der Waals surface area contributed by atoms with Crippen LogP contribution in [0.2, 0.25) is 0 Å². The highest BCUT2D eigenvalue weighted by Crippen LogP contribution is 2.04. The van der Waals surface area contributed by atoms with Crippen LogP contribution in [0.4, 0.5) is 0 Å². The monoisotopic (exact) mass is 286 g/mol. The number of rotatable bonds is 5. The van der Waals surface area contributed by atoms with Crippen molar-refractivity contribution < 1.29 is 14.7 Å². The van der Waals surface area contributed by atoms with Crippen LogP contribution in [0.5, 0.6) is 0 Å². The van der Waals surface area contributed by atoms with E-state index in [0.29, 0.717) is 0 Å². The first-order valence-electron chi connectivity index (χ1n) is 6.32. The normalized spacial score (nSPS) is 11.6. The highest BCUT2D eigenvalue weighted by molar-refractivity contribution is 5.96. The molecule has 1 amide bonds. The van der Waals surface area contributed by atoms with Gasteiger partial charge in [0.25, 0.3) is 5.91 Å². The molecule has 0 unspecified atom stereocenters. The minimum Gasteiger partial charge on any atom is -0.480 e. The van der Waals surface area contributed by atoms with Gasteiger partial charge < -0.3 is 15.4 Å². The molecule has 0 saturated heterocycles. The highest BCUT2D eigenvalue weighted by Gasteiger charge is 2.21. The summed E-state index contributed by atoms with van der Waals surface area (Å²) >= 11 is 0. The lowest BCUT2D eigenvalue weighted by Gasteiger charge is -2.14. The highest BCUT2D eigenvalue weighted by atomic mass is 16.4. The average Bonchev–Trinajstić information content (AvgIpc) is 2.47. The molecular weight excluding hydrogens is 272 g/mol. The van der Waals surface area contributed by atoms with Gasteiger partial charge >= 0.3 is 5.97 Å². The Hall–Kier alpha value is -2.89. The van der Waals surface area contributed by atoms with E-state index in [4.69, 9.17) is 0 Å². The Morgan fingerprint density at radius 3 is 2.52 bits per heavy atom. The summed E-state index contributed by atoms with van der Waals surface area (Å²) in [5.74, 6) is -1.72. The second kappa shape index (κ2) is 6.51. The Morgan fingerprint density at radius 2 is 1.90 bits per heavy atom. The van der Waals surface area contributed by atoms with Gasteiger partial charge in [0.2, 0.25) is 5.56 Å². The maximum atomic E-state index is 12.0. The molecule has 21 heavy (non-hydrogen) atoms. The molecule has 6 nitrogen and oxygen atoms in total. The Labute approximate surface area is 120 Å². The van der Waals surface area contributed by atoms with Crippen LogP contribution in [0.3, 0.4) is 0 Å². The van der Waals surface area contributed by atoms with Crippen molar-refractivity contribution in [2.24, 2.45) is 0 Å². The standard InChI is InChI=1S/C15H14N2O4/c18-13-9-11(6-7-16-13)14(19)17-12(15(20)21)8-10-4-2-1-3-5-10/h1-7,9,12H,8H2,(H,16,18)(H,17,19)(H,20,21)/t12-/m1/s1. The summed E-state index contributed by atoms with van der Waals surface area (Å²) in [7, 11) is 0. The SMILES string of the molecule is O=C(N[C@H](Cc1ccccc1)C(=O)O)c1cc[nH]c(=O)c1. The van der Waals surface area contributed by atoms with E-state index in [-0.39, 0.29) is 12.0 Å². The molecule has 3 N–H and O–H groups in total. The number of aromatic nitrogens is 1. The maximum absolute atomic E-state index is 12.0. The lowest BCUT2D eigenvalue weighted by atomic mass is 10.1. The summed E-state index contributed by atoms with van der Waals surface area (Å²) < 4.78 is 0. The third-order valence-electron chi connectivity index (χ3n) is 2.92. The van der Waals surface area contributed by atoms with E-state index in [1.807, 2.05) is 6.07 Å². The van der Waals surface area contributed by atoms with Crippen LogP contribution in [-0.2, 0) is 11.2 Å². The Balaban J connectivity index is 2.11. The first-order valence-corrected chi connectivity index (χ1v) is 6.32. The van der Waals surface area contributed by atoms with Crippen molar-refractivity contribution >= 4 is 11.9 Å². The molecule has 2 aromatic rings. The fraction of sp³-hybridized carbons (Fsp3) is 0.133. The summed E-state index contributed by atoms with van der Waals surface area (Å²) in [5, 5.41) is 11.6. The zero-order valence-corrected chi connectivity index (χ0v) is 11.1. The summed E-state index contributed by atoms with van der Waals surface area (Å²) in [6.45, 7) is 0. The summed E-state index contributed by atoms with van der Waals surface area (Å²) in [6, 6.07) is 10.5. The first-order chi connectivity index (χ1) is 10.1.